The first-order valence-corrected chi connectivity index (χ1v) is 9.01. The van der Waals surface area contributed by atoms with E-state index in [0.29, 0.717) is 65.2 Å². The van der Waals surface area contributed by atoms with Crippen molar-refractivity contribution >= 4 is 17.6 Å². The van der Waals surface area contributed by atoms with Crippen LogP contribution in [0, 0.1) is 11.6 Å². The van der Waals surface area contributed by atoms with Gasteiger partial charge in [0.1, 0.15) is 11.5 Å². The molecule has 0 aliphatic carbocycles. The second-order valence-corrected chi connectivity index (χ2v) is 6.20. The first-order valence-electron chi connectivity index (χ1n) is 9.01. The van der Waals surface area contributed by atoms with Gasteiger partial charge in [-0.15, -0.1) is 6.20 Å². The molecule has 3 aromatic rings. The van der Waals surface area contributed by atoms with Crippen molar-refractivity contribution in [3.8, 4) is 23.0 Å². The van der Waals surface area contributed by atoms with Crippen LogP contribution in [0.25, 0.3) is 28.7 Å². The van der Waals surface area contributed by atoms with Crippen LogP contribution in [0.5, 0.6) is 0 Å². The number of aryl methyl sites for hydroxylation is 1. The van der Waals surface area contributed by atoms with Crippen molar-refractivity contribution in [1.29, 1.82) is 5.41 Å². The summed E-state index contributed by atoms with van der Waals surface area (Å²) in [4.78, 5) is 9.28. The minimum atomic E-state index is 0. The minimum Gasteiger partial charge on any atom is -0.397 e. The number of pyridine rings is 1. The fourth-order valence-electron chi connectivity index (χ4n) is 2.87. The zero-order valence-corrected chi connectivity index (χ0v) is 19.2. The maximum absolute atomic E-state index is 7.90. The quantitative estimate of drug-likeness (QED) is 0.141. The number of aromatic nitrogens is 6. The van der Waals surface area contributed by atoms with Crippen LogP contribution in [-0.4, -0.2) is 49.3 Å². The van der Waals surface area contributed by atoms with Crippen LogP contribution in [0.4, 0.5) is 5.69 Å². The molecule has 0 saturated heterocycles. The summed E-state index contributed by atoms with van der Waals surface area (Å²) < 4.78 is 3.27. The zero-order valence-electron chi connectivity index (χ0n) is 17.2. The van der Waals surface area contributed by atoms with E-state index < -0.39 is 0 Å². The van der Waals surface area contributed by atoms with Crippen molar-refractivity contribution in [3.05, 3.63) is 36.2 Å². The topological polar surface area (TPSA) is 175 Å². The number of nitrogens with zero attached hydrogens (tertiary/aromatic N) is 6. The third-order valence-corrected chi connectivity index (χ3v) is 4.32. The number of anilines is 1. The molecule has 3 aromatic heterocycles. The van der Waals surface area contributed by atoms with E-state index in [1.165, 1.54) is 6.21 Å². The Kier molecular flexibility index (Phi) is 8.26. The summed E-state index contributed by atoms with van der Waals surface area (Å²) in [5, 5.41) is 19.6. The van der Waals surface area contributed by atoms with Gasteiger partial charge in [0.25, 0.3) is 0 Å². The number of nitrogens with two attached hydrogens (primary N) is 3. The maximum atomic E-state index is 7.90. The van der Waals surface area contributed by atoms with E-state index in [0.717, 1.165) is 0 Å². The van der Waals surface area contributed by atoms with E-state index in [2.05, 4.69) is 38.3 Å². The first kappa shape index (κ1) is 23.7. The third kappa shape index (κ3) is 4.60. The van der Waals surface area contributed by atoms with Crippen molar-refractivity contribution in [3.63, 3.8) is 0 Å². The third-order valence-electron chi connectivity index (χ3n) is 4.32. The van der Waals surface area contributed by atoms with Crippen molar-refractivity contribution < 1.29 is 29.6 Å². The fourth-order valence-corrected chi connectivity index (χ4v) is 2.87. The summed E-state index contributed by atoms with van der Waals surface area (Å²) in [6.45, 7) is 4.97. The van der Waals surface area contributed by atoms with Crippen molar-refractivity contribution in [2.24, 2.45) is 17.2 Å². The van der Waals surface area contributed by atoms with Gasteiger partial charge >= 0.3 is 29.6 Å². The molecule has 11 nitrogen and oxygen atoms in total. The molecule has 0 aliphatic heterocycles. The van der Waals surface area contributed by atoms with Gasteiger partial charge in [0.15, 0.2) is 5.82 Å². The Balaban J connectivity index is 0.00000320. The monoisotopic (exact) mass is 417 g/mol. The predicted molar refractivity (Wildman–Crippen MR) is 112 cm³/mol. The second-order valence-electron chi connectivity index (χ2n) is 6.20. The Morgan fingerprint density at radius 1 is 1.33 bits per heavy atom. The Bertz CT molecular complexity index is 1040. The molecule has 30 heavy (non-hydrogen) atoms. The van der Waals surface area contributed by atoms with Crippen LogP contribution in [0.2, 0.25) is 0 Å². The van der Waals surface area contributed by atoms with Gasteiger partial charge in [0.05, 0.1) is 18.1 Å². The number of hydrogen-bond acceptors (Lipinski definition) is 9. The van der Waals surface area contributed by atoms with Gasteiger partial charge in [-0.05, 0) is 24.7 Å². The van der Waals surface area contributed by atoms with Gasteiger partial charge in [-0.3, -0.25) is 0 Å². The standard InChI is InChI=1S/C18H24N11.Na/c1-11(22)13-8-14(23-2)12(9-20)16(25-13)18-26-17(27-28(18)7-3-5-19)15-4-6-24-29(15)10-21;/h4,8-9,20H,1,3,5,7,10,19,21-22H2,2H3,(H,23,25);/q-1;+1. The van der Waals surface area contributed by atoms with Crippen molar-refractivity contribution in [2.75, 3.05) is 18.9 Å². The number of nitrogens with one attached hydrogen (secondary N) is 2. The fraction of sp³-hybridized carbons (Fsp3) is 0.278. The molecule has 3 rings (SSSR count). The molecule has 0 unspecified atom stereocenters. The Hall–Kier alpha value is -2.57. The van der Waals surface area contributed by atoms with Gasteiger partial charge in [0, 0.05) is 31.1 Å². The molecule has 0 spiro atoms. The average Bonchev–Trinajstić information content (AvgIpc) is 3.37. The first-order chi connectivity index (χ1) is 14.0. The largest absolute Gasteiger partial charge is 1.00 e. The van der Waals surface area contributed by atoms with E-state index in [1.54, 1.807) is 28.5 Å². The van der Waals surface area contributed by atoms with Gasteiger partial charge in [0.2, 0.25) is 0 Å². The molecule has 8 N–H and O–H groups in total. The molecule has 0 aliphatic rings. The summed E-state index contributed by atoms with van der Waals surface area (Å²) in [7, 11) is 1.76. The van der Waals surface area contributed by atoms with Gasteiger partial charge in [-0.2, -0.15) is 11.2 Å². The van der Waals surface area contributed by atoms with Gasteiger partial charge in [-0.25, -0.2) is 14.6 Å². The molecule has 0 saturated carbocycles. The molecular formula is C18H24N11Na. The van der Waals surface area contributed by atoms with E-state index in [4.69, 9.17) is 22.6 Å². The zero-order chi connectivity index (χ0) is 21.0. The van der Waals surface area contributed by atoms with Crippen molar-refractivity contribution in [2.45, 2.75) is 19.6 Å². The van der Waals surface area contributed by atoms with E-state index in [9.17, 15) is 0 Å². The number of rotatable bonds is 9. The Labute approximate surface area is 196 Å². The van der Waals surface area contributed by atoms with Crippen LogP contribution < -0.4 is 52.1 Å². The molecule has 0 aromatic carbocycles. The van der Waals surface area contributed by atoms with Crippen LogP contribution in [0.3, 0.4) is 0 Å². The SMILES string of the molecule is C=C(N)c1cc(NC)c(C=N)c(-c2nc(-c3c[c-]nn3CN)nn2CCCN)n1.[Na+]. The van der Waals surface area contributed by atoms with E-state index in [-0.39, 0.29) is 36.2 Å². The van der Waals surface area contributed by atoms with E-state index >= 15 is 0 Å². The Morgan fingerprint density at radius 3 is 2.70 bits per heavy atom. The molecule has 0 fully saturated rings. The van der Waals surface area contributed by atoms with Crippen LogP contribution >= 0.6 is 0 Å². The van der Waals surface area contributed by atoms with Crippen molar-refractivity contribution in [1.82, 2.24) is 29.5 Å². The normalized spacial score (nSPS) is 10.5. The Morgan fingerprint density at radius 2 is 2.10 bits per heavy atom. The van der Waals surface area contributed by atoms with Gasteiger partial charge < -0.3 is 37.7 Å². The summed E-state index contributed by atoms with van der Waals surface area (Å²) in [6.07, 6.45) is 4.67. The maximum Gasteiger partial charge on any atom is 1.00 e. The second kappa shape index (κ2) is 10.5. The molecule has 0 bridgehead atoms. The molecule has 0 atom stereocenters. The number of hydrogen-bond donors (Lipinski definition) is 5. The molecule has 0 amide bonds. The molecule has 0 radical (unpaired) electrons. The molecule has 12 heteroatoms. The molecule has 152 valence electrons. The van der Waals surface area contributed by atoms with Crippen LogP contribution in [0.1, 0.15) is 17.7 Å². The smallest absolute Gasteiger partial charge is 0.397 e. The summed E-state index contributed by atoms with van der Waals surface area (Å²) in [5.41, 5.74) is 20.4. The minimum absolute atomic E-state index is 0. The summed E-state index contributed by atoms with van der Waals surface area (Å²) >= 11 is 0. The molecule has 3 heterocycles. The predicted octanol–water partition coefficient (Wildman–Crippen LogP) is -2.76. The summed E-state index contributed by atoms with van der Waals surface area (Å²) in [5.74, 6) is 0.910. The molecular weight excluding hydrogens is 393 g/mol. The van der Waals surface area contributed by atoms with Crippen LogP contribution in [-0.2, 0) is 13.2 Å². The van der Waals surface area contributed by atoms with Gasteiger partial charge in [-0.1, -0.05) is 6.58 Å². The van der Waals surface area contributed by atoms with Crippen LogP contribution in [0.15, 0.2) is 18.7 Å². The average molecular weight is 417 g/mol. The summed E-state index contributed by atoms with van der Waals surface area (Å²) in [6, 6.07) is 3.41. The van der Waals surface area contributed by atoms with E-state index in [1.807, 2.05) is 0 Å².